The lowest BCUT2D eigenvalue weighted by Crippen LogP contribution is -2.41. The third-order valence-corrected chi connectivity index (χ3v) is 4.49. The van der Waals surface area contributed by atoms with Gasteiger partial charge in [-0.05, 0) is 25.8 Å². The summed E-state index contributed by atoms with van der Waals surface area (Å²) >= 11 is 0. The minimum Gasteiger partial charge on any atom is -0.286 e. The van der Waals surface area contributed by atoms with Gasteiger partial charge in [0.1, 0.15) is 0 Å². The molecule has 2 aliphatic rings. The van der Waals surface area contributed by atoms with E-state index < -0.39 is 10.0 Å². The van der Waals surface area contributed by atoms with Crippen LogP contribution in [0.25, 0.3) is 0 Å². The predicted molar refractivity (Wildman–Crippen MR) is 65.2 cm³/mol. The lowest BCUT2D eigenvalue weighted by molar-refractivity contribution is 0.437. The Kier molecular flexibility index (Phi) is 2.92. The van der Waals surface area contributed by atoms with E-state index in [9.17, 15) is 8.42 Å². The fraction of sp³-hybridized carbons (Fsp3) is 0.727. The van der Waals surface area contributed by atoms with Gasteiger partial charge in [0, 0.05) is 25.2 Å². The highest BCUT2D eigenvalue weighted by molar-refractivity contribution is 7.88. The second kappa shape index (κ2) is 3.96. The van der Waals surface area contributed by atoms with Crippen molar-refractivity contribution in [3.8, 4) is 0 Å². The van der Waals surface area contributed by atoms with Gasteiger partial charge in [0.15, 0.2) is 0 Å². The Morgan fingerprint density at radius 2 is 2.12 bits per heavy atom. The second-order valence-corrected chi connectivity index (χ2v) is 6.72. The Morgan fingerprint density at radius 1 is 1.44 bits per heavy atom. The SMILES string of the molecule is CC1=C2CN(S(C)(=O)=O)CCC2=NC(C)C1. The van der Waals surface area contributed by atoms with E-state index in [-0.39, 0.29) is 0 Å². The number of dihydropyridines is 1. The molecule has 0 aromatic carbocycles. The van der Waals surface area contributed by atoms with Gasteiger partial charge in [0.2, 0.25) is 10.0 Å². The van der Waals surface area contributed by atoms with Crippen molar-refractivity contribution in [1.29, 1.82) is 0 Å². The van der Waals surface area contributed by atoms with E-state index in [0.29, 0.717) is 19.1 Å². The predicted octanol–water partition coefficient (Wildman–Crippen LogP) is 1.20. The minimum absolute atomic E-state index is 0.350. The molecule has 5 heteroatoms. The van der Waals surface area contributed by atoms with Gasteiger partial charge in [-0.1, -0.05) is 5.57 Å². The molecule has 16 heavy (non-hydrogen) atoms. The highest BCUT2D eigenvalue weighted by Crippen LogP contribution is 2.26. The van der Waals surface area contributed by atoms with Gasteiger partial charge in [-0.25, -0.2) is 8.42 Å². The fourth-order valence-electron chi connectivity index (χ4n) is 2.41. The van der Waals surface area contributed by atoms with E-state index in [1.165, 1.54) is 11.8 Å². The third-order valence-electron chi connectivity index (χ3n) is 3.24. The number of hydrogen-bond acceptors (Lipinski definition) is 3. The van der Waals surface area contributed by atoms with Crippen LogP contribution >= 0.6 is 0 Å². The molecule has 2 aliphatic heterocycles. The zero-order chi connectivity index (χ0) is 11.9. The molecule has 0 N–H and O–H groups in total. The molecule has 2 heterocycles. The normalized spacial score (nSPS) is 27.7. The van der Waals surface area contributed by atoms with Crippen molar-refractivity contribution in [2.45, 2.75) is 32.7 Å². The fourth-order valence-corrected chi connectivity index (χ4v) is 3.20. The molecule has 0 spiro atoms. The maximum Gasteiger partial charge on any atom is 0.211 e. The average molecular weight is 242 g/mol. The number of sulfonamides is 1. The van der Waals surface area contributed by atoms with E-state index in [2.05, 4.69) is 18.8 Å². The Bertz CT molecular complexity index is 462. The van der Waals surface area contributed by atoms with E-state index >= 15 is 0 Å². The lowest BCUT2D eigenvalue weighted by Gasteiger charge is -2.32. The Labute approximate surface area is 97.1 Å². The summed E-state index contributed by atoms with van der Waals surface area (Å²) in [6.45, 7) is 5.28. The van der Waals surface area contributed by atoms with Crippen molar-refractivity contribution in [2.75, 3.05) is 19.3 Å². The Balaban J connectivity index is 2.28. The summed E-state index contributed by atoms with van der Waals surface area (Å²) in [7, 11) is -3.07. The molecule has 0 bridgehead atoms. The standard InChI is InChI=1S/C11H18N2O2S/c1-8-6-9(2)12-11-4-5-13(7-10(8)11)16(3,14)15/h9H,4-7H2,1-3H3. The van der Waals surface area contributed by atoms with Crippen molar-refractivity contribution >= 4 is 15.7 Å². The molecule has 0 amide bonds. The molecule has 0 aromatic rings. The molecule has 1 saturated heterocycles. The van der Waals surface area contributed by atoms with Crippen molar-refractivity contribution in [1.82, 2.24) is 4.31 Å². The molecule has 90 valence electrons. The van der Waals surface area contributed by atoms with Crippen LogP contribution in [0.15, 0.2) is 16.1 Å². The van der Waals surface area contributed by atoms with E-state index in [1.807, 2.05) is 0 Å². The molecule has 0 radical (unpaired) electrons. The number of aliphatic imine (C=N–C) groups is 1. The zero-order valence-corrected chi connectivity index (χ0v) is 10.8. The monoisotopic (exact) mass is 242 g/mol. The maximum atomic E-state index is 11.5. The second-order valence-electron chi connectivity index (χ2n) is 4.73. The van der Waals surface area contributed by atoms with Gasteiger partial charge in [0.05, 0.1) is 12.3 Å². The van der Waals surface area contributed by atoms with Gasteiger partial charge < -0.3 is 0 Å². The first kappa shape index (κ1) is 11.8. The quantitative estimate of drug-likeness (QED) is 0.694. The third kappa shape index (κ3) is 2.20. The van der Waals surface area contributed by atoms with Crippen molar-refractivity contribution < 1.29 is 8.42 Å². The number of rotatable bonds is 1. The number of nitrogens with zero attached hydrogens (tertiary/aromatic N) is 2. The topological polar surface area (TPSA) is 49.7 Å². The van der Waals surface area contributed by atoms with Crippen molar-refractivity contribution in [2.24, 2.45) is 4.99 Å². The first-order valence-corrected chi connectivity index (χ1v) is 7.43. The molecule has 0 aliphatic carbocycles. The van der Waals surface area contributed by atoms with Crippen LogP contribution in [0.3, 0.4) is 0 Å². The van der Waals surface area contributed by atoms with Gasteiger partial charge in [0.25, 0.3) is 0 Å². The van der Waals surface area contributed by atoms with Crippen LogP contribution < -0.4 is 0 Å². The molecule has 1 fully saturated rings. The minimum atomic E-state index is -3.07. The average Bonchev–Trinajstić information content (AvgIpc) is 2.15. The summed E-state index contributed by atoms with van der Waals surface area (Å²) < 4.78 is 24.5. The van der Waals surface area contributed by atoms with E-state index in [4.69, 9.17) is 0 Å². The highest BCUT2D eigenvalue weighted by atomic mass is 32.2. The Morgan fingerprint density at radius 3 is 2.75 bits per heavy atom. The smallest absolute Gasteiger partial charge is 0.211 e. The zero-order valence-electron chi connectivity index (χ0n) is 10.0. The lowest BCUT2D eigenvalue weighted by atomic mass is 9.92. The molecule has 4 nitrogen and oxygen atoms in total. The number of fused-ring (bicyclic) bond motifs is 1. The largest absolute Gasteiger partial charge is 0.286 e. The summed E-state index contributed by atoms with van der Waals surface area (Å²) in [5, 5.41) is 0. The van der Waals surface area contributed by atoms with Crippen LogP contribution in [-0.2, 0) is 10.0 Å². The van der Waals surface area contributed by atoms with Gasteiger partial charge in [-0.2, -0.15) is 4.31 Å². The highest BCUT2D eigenvalue weighted by Gasteiger charge is 2.29. The number of piperidine rings is 1. The molecular formula is C11H18N2O2S. The van der Waals surface area contributed by atoms with Crippen LogP contribution in [0.5, 0.6) is 0 Å². The van der Waals surface area contributed by atoms with Crippen LogP contribution in [0.2, 0.25) is 0 Å². The summed E-state index contributed by atoms with van der Waals surface area (Å²) in [6.07, 6.45) is 2.98. The summed E-state index contributed by atoms with van der Waals surface area (Å²) in [5.41, 5.74) is 3.57. The van der Waals surface area contributed by atoms with Crippen LogP contribution in [0, 0.1) is 0 Å². The first-order chi connectivity index (χ1) is 7.38. The maximum absolute atomic E-state index is 11.5. The van der Waals surface area contributed by atoms with Crippen LogP contribution in [0.1, 0.15) is 26.7 Å². The Hall–Kier alpha value is -0.680. The first-order valence-electron chi connectivity index (χ1n) is 5.58. The molecule has 1 unspecified atom stereocenters. The molecule has 2 rings (SSSR count). The molecular weight excluding hydrogens is 224 g/mol. The van der Waals surface area contributed by atoms with Crippen LogP contribution in [-0.4, -0.2) is 43.8 Å². The molecule has 0 saturated carbocycles. The number of hydrogen-bond donors (Lipinski definition) is 0. The van der Waals surface area contributed by atoms with Crippen molar-refractivity contribution in [3.63, 3.8) is 0 Å². The van der Waals surface area contributed by atoms with E-state index in [0.717, 1.165) is 24.1 Å². The van der Waals surface area contributed by atoms with Gasteiger partial charge in [-0.15, -0.1) is 0 Å². The van der Waals surface area contributed by atoms with Gasteiger partial charge >= 0.3 is 0 Å². The summed E-state index contributed by atoms with van der Waals surface area (Å²) in [4.78, 5) is 4.61. The van der Waals surface area contributed by atoms with Crippen molar-refractivity contribution in [3.05, 3.63) is 11.1 Å². The summed E-state index contributed by atoms with van der Waals surface area (Å²) in [6, 6.07) is 0.350. The molecule has 0 aromatic heterocycles. The van der Waals surface area contributed by atoms with E-state index in [1.54, 1.807) is 4.31 Å². The van der Waals surface area contributed by atoms with Crippen LogP contribution in [0.4, 0.5) is 0 Å². The summed E-state index contributed by atoms with van der Waals surface area (Å²) in [5.74, 6) is 0. The van der Waals surface area contributed by atoms with Gasteiger partial charge in [-0.3, -0.25) is 4.99 Å². The molecule has 1 atom stereocenters.